The molecule has 0 aromatic heterocycles. The molecule has 4 rings (SSSR count). The molecule has 13 amide bonds. The van der Waals surface area contributed by atoms with Gasteiger partial charge in [0.05, 0.1) is 73.5 Å². The quantitative estimate of drug-likeness (QED) is 0.0333. The summed E-state index contributed by atoms with van der Waals surface area (Å²) in [6, 6.07) is 0.300. The lowest BCUT2D eigenvalue weighted by Gasteiger charge is -2.31. The minimum absolute atomic E-state index is 0.0162. The number of benzene rings is 2. The van der Waals surface area contributed by atoms with Gasteiger partial charge in [0.15, 0.2) is 18.2 Å². The van der Waals surface area contributed by atoms with Crippen LogP contribution in [-0.2, 0) is 128 Å². The number of phenols is 1. The van der Waals surface area contributed by atoms with Crippen LogP contribution < -0.4 is 69.8 Å². The number of nitrogens with one attached hydrogen (secondary N) is 9. The van der Waals surface area contributed by atoms with Gasteiger partial charge in [0.1, 0.15) is 77.3 Å². The Kier molecular flexibility index (Phi) is 54.4. The molecule has 2 aromatic carbocycles. The number of nitrogens with two attached hydrogens (primary N) is 3. The van der Waals surface area contributed by atoms with E-state index in [4.69, 9.17) is 40.9 Å². The summed E-state index contributed by atoms with van der Waals surface area (Å²) in [7, 11) is 3.20. The lowest BCUT2D eigenvalue weighted by molar-refractivity contribution is -0.161. The molecule has 2 fully saturated rings. The summed E-state index contributed by atoms with van der Waals surface area (Å²) in [5.41, 5.74) is 15.7. The van der Waals surface area contributed by atoms with Gasteiger partial charge in [-0.05, 0) is 154 Å². The second-order valence-corrected chi connectivity index (χ2v) is 41.4. The standard InChI is InChI=1S/C97H150N14O26S3/c1-16-60(7)85-93(130)103-71(33-35-80(98)118)88(125)105-74(46-82(100)120)89(126)107-75(94(131)111-38-20-24-76(111)91(128)104-72(41-57(2)3)78(116)34-36-81(99)119)55-139-53-67(113)22-18-17-21-64(44-69(115)54-140-56-77(110(14)15)92(129)106-73(90(127)108-85)43-62-25-29-66(112)30-26-62)87(124)101-37-19-23-68(114)52-138-51-65(45-84(122)137-96(9,10)11)95(132)136-49-63-27-31-70(32-28-63)135-50-83(121)102-61(8)48-134-40-39-133-47-59(6)42-79(117)97(12,13)109-86(123)58(4)5/h25-32,57-61,64-65,71-77,85,112H,16-24,33-56H2,1-15H3,(H2,98,118)(H2,99,119)(H2,100,120)(H,101,124)(H,102,121)(H,103,130)(H,104,128)(H,105,125)(H,106,129)(H,107,126)(H,108,127)(H,109,123)/t59?,60-,61?,64-,65-,71-,72-,73-,74-,75-,76-,77-,85-/m0/s1. The van der Waals surface area contributed by atoms with E-state index >= 15 is 4.79 Å². The number of hydrogen-bond donors (Lipinski definition) is 13. The molecule has 0 spiro atoms. The van der Waals surface area contributed by atoms with E-state index in [1.54, 1.807) is 112 Å². The summed E-state index contributed by atoms with van der Waals surface area (Å²) in [5.74, 6) is -17.4. The highest BCUT2D eigenvalue weighted by atomic mass is 32.2. The van der Waals surface area contributed by atoms with Gasteiger partial charge in [-0.2, -0.15) is 35.3 Å². The average molecular weight is 2020 g/mol. The van der Waals surface area contributed by atoms with Gasteiger partial charge in [-0.15, -0.1) is 0 Å². The van der Waals surface area contributed by atoms with Crippen LogP contribution in [0.1, 0.15) is 217 Å². The summed E-state index contributed by atoms with van der Waals surface area (Å²) >= 11 is 3.08. The van der Waals surface area contributed by atoms with Gasteiger partial charge in [0.2, 0.25) is 70.9 Å². The van der Waals surface area contributed by atoms with Crippen LogP contribution >= 0.6 is 35.3 Å². The number of esters is 2. The maximum Gasteiger partial charge on any atom is 0.310 e. The molecule has 2 aliphatic heterocycles. The van der Waals surface area contributed by atoms with Crippen LogP contribution in [0.4, 0.5) is 0 Å². The number of hydrogen-bond acceptors (Lipinski definition) is 30. The van der Waals surface area contributed by atoms with Crippen LogP contribution in [0.15, 0.2) is 48.5 Å². The number of phenolic OH excluding ortho intramolecular Hbond substituents is 1. The van der Waals surface area contributed by atoms with Gasteiger partial charge in [-0.1, -0.05) is 85.6 Å². The van der Waals surface area contributed by atoms with E-state index in [1.807, 2.05) is 20.8 Å². The summed E-state index contributed by atoms with van der Waals surface area (Å²) in [6.07, 6.45) is -1.88. The van der Waals surface area contributed by atoms with Gasteiger partial charge in [-0.3, -0.25) is 101 Å². The number of aromatic hydroxyl groups is 1. The molecule has 0 aliphatic carbocycles. The number of primary amides is 3. The number of nitrogens with zero attached hydrogens (tertiary/aromatic N) is 2. The maximum absolute atomic E-state index is 15.1. The van der Waals surface area contributed by atoms with Crippen molar-refractivity contribution in [2.45, 2.75) is 284 Å². The van der Waals surface area contributed by atoms with E-state index < -0.39 is 191 Å². The van der Waals surface area contributed by atoms with E-state index in [1.165, 1.54) is 29.2 Å². The summed E-state index contributed by atoms with van der Waals surface area (Å²) in [5, 5.41) is 34.4. The fourth-order valence-electron chi connectivity index (χ4n) is 14.8. The number of carbonyl (C=O) groups is 20. The first-order valence-electron chi connectivity index (χ1n) is 47.8. The fraction of sp³-hybridized carbons (Fsp3) is 0.670. The fourth-order valence-corrected chi connectivity index (χ4v) is 17.9. The predicted molar refractivity (Wildman–Crippen MR) is 527 cm³/mol. The van der Waals surface area contributed by atoms with Crippen molar-refractivity contribution in [1.82, 2.24) is 57.7 Å². The molecule has 2 aromatic rings. The van der Waals surface area contributed by atoms with Gasteiger partial charge in [0, 0.05) is 106 Å². The second-order valence-electron chi connectivity index (χ2n) is 38.3. The smallest absolute Gasteiger partial charge is 0.310 e. The number of ketones is 5. The second kappa shape index (κ2) is 62.6. The zero-order chi connectivity index (χ0) is 105. The predicted octanol–water partition coefficient (Wildman–Crippen LogP) is 3.37. The molecule has 40 nitrogen and oxygen atoms in total. The normalized spacial score (nSPS) is 20.2. The highest BCUT2D eigenvalue weighted by Crippen LogP contribution is 2.27. The zero-order valence-electron chi connectivity index (χ0n) is 83.6. The van der Waals surface area contributed by atoms with Crippen LogP contribution in [-0.4, -0.2) is 293 Å². The SMILES string of the molecule is CC[C@H](C)[C@@H]1NC(=O)[C@H](Cc2ccc(O)cc2)NC(=O)[C@@H](N(C)C)CSCC(=O)C[C@@H](C(=O)NCCCC(=O)CSC[C@H](CC(=O)OC(C)(C)C)C(=O)OCc2ccc(OCC(=O)NC(C)COCCOCC(C)CC(=O)C(C)(C)NC(=O)C(C)C)cc2)CCCCC(=O)CSC[C@@H](C(=O)N2CCC[C@H]2C(=O)N[C@@H](CC(C)C)C(=O)CCC(N)=O)NC(=O)[C@H](CC(N)=O)NC(=O)[C@H](CCC(N)=O)NC1=O. The molecule has 2 heterocycles. The number of likely N-dealkylation sites (tertiary alicyclic amines) is 1. The van der Waals surface area contributed by atoms with Crippen molar-refractivity contribution in [3.05, 3.63) is 59.7 Å². The molecule has 2 unspecified atom stereocenters. The van der Waals surface area contributed by atoms with Crippen molar-refractivity contribution in [3.8, 4) is 11.5 Å². The van der Waals surface area contributed by atoms with Crippen molar-refractivity contribution in [1.29, 1.82) is 0 Å². The molecule has 140 heavy (non-hydrogen) atoms. The molecule has 16 N–H and O–H groups in total. The molecule has 0 radical (unpaired) electrons. The largest absolute Gasteiger partial charge is 0.508 e. The van der Waals surface area contributed by atoms with Crippen LogP contribution in [0.5, 0.6) is 11.5 Å². The van der Waals surface area contributed by atoms with Crippen molar-refractivity contribution < 1.29 is 125 Å². The van der Waals surface area contributed by atoms with Crippen LogP contribution in [0.3, 0.4) is 0 Å². The van der Waals surface area contributed by atoms with Gasteiger partial charge in [-0.25, -0.2) is 0 Å². The Morgan fingerprint density at radius 1 is 0.657 bits per heavy atom. The highest BCUT2D eigenvalue weighted by Gasteiger charge is 2.43. The zero-order valence-corrected chi connectivity index (χ0v) is 86.1. The average Bonchev–Trinajstić information content (AvgIpc) is 1.64. The molecule has 2 aliphatic rings. The van der Waals surface area contributed by atoms with Crippen LogP contribution in [0.25, 0.3) is 0 Å². The first kappa shape index (κ1) is 122. The molecule has 13 atom stereocenters. The minimum Gasteiger partial charge on any atom is -0.508 e. The van der Waals surface area contributed by atoms with Gasteiger partial charge >= 0.3 is 11.9 Å². The van der Waals surface area contributed by atoms with Crippen molar-refractivity contribution in [2.24, 2.45) is 52.7 Å². The first-order chi connectivity index (χ1) is 65.8. The lowest BCUT2D eigenvalue weighted by atomic mass is 9.91. The summed E-state index contributed by atoms with van der Waals surface area (Å²) in [6.45, 7) is 22.9. The number of rotatable bonds is 49. The minimum atomic E-state index is -1.92. The molecular formula is C97H150N14O26S3. The van der Waals surface area contributed by atoms with E-state index in [0.29, 0.717) is 23.5 Å². The molecule has 0 saturated carbocycles. The third kappa shape index (κ3) is 47.8. The number of likely N-dealkylation sites (N-methyl/N-ethyl adjacent to an activating group) is 1. The third-order valence-electron chi connectivity index (χ3n) is 22.8. The molecule has 782 valence electrons. The highest BCUT2D eigenvalue weighted by molar-refractivity contribution is 8.00. The Morgan fingerprint density at radius 3 is 1.91 bits per heavy atom. The number of thioether (sulfide) groups is 3. The Hall–Kier alpha value is -10.6. The maximum atomic E-state index is 15.1. The van der Waals surface area contributed by atoms with Gasteiger partial charge < -0.3 is 98.7 Å². The van der Waals surface area contributed by atoms with E-state index in [9.17, 15) is 96.2 Å². The topological polar surface area (TPSA) is 601 Å². The third-order valence-corrected chi connectivity index (χ3v) is 26.2. The van der Waals surface area contributed by atoms with E-state index in [0.717, 1.165) is 35.3 Å². The molecule has 0 bridgehead atoms. The monoisotopic (exact) mass is 2020 g/mol. The number of carbonyl (C=O) groups excluding carboxylic acids is 20. The Labute approximate surface area is 833 Å². The molecule has 43 heteroatoms. The number of Topliss-reactive ketones (excluding diaryl/α,β-unsaturated/α-hetero) is 5. The lowest BCUT2D eigenvalue weighted by Crippen LogP contribution is -2.61. The van der Waals surface area contributed by atoms with Gasteiger partial charge in [0.25, 0.3) is 5.91 Å². The Balaban J connectivity index is 1.53. The van der Waals surface area contributed by atoms with Crippen LogP contribution in [0, 0.1) is 35.5 Å². The Bertz CT molecular complexity index is 4500. The molecule has 2 saturated heterocycles. The van der Waals surface area contributed by atoms with Crippen molar-refractivity contribution >= 4 is 153 Å². The number of amides is 13. The Morgan fingerprint density at radius 2 is 1.28 bits per heavy atom. The van der Waals surface area contributed by atoms with E-state index in [2.05, 4.69) is 47.9 Å². The summed E-state index contributed by atoms with van der Waals surface area (Å²) < 4.78 is 28.3. The van der Waals surface area contributed by atoms with Crippen LogP contribution in [0.2, 0.25) is 0 Å². The van der Waals surface area contributed by atoms with E-state index in [-0.39, 0.29) is 236 Å². The molecular weight excluding hydrogens is 1870 g/mol. The summed E-state index contributed by atoms with van der Waals surface area (Å²) in [4.78, 5) is 277. The first-order valence-corrected chi connectivity index (χ1v) is 51.2. The number of ether oxygens (including phenoxy) is 5. The van der Waals surface area contributed by atoms with Crippen molar-refractivity contribution in [2.75, 3.05) is 94.7 Å². The van der Waals surface area contributed by atoms with Crippen molar-refractivity contribution in [3.63, 3.8) is 0 Å².